The van der Waals surface area contributed by atoms with E-state index in [9.17, 15) is 14.3 Å². The molecule has 1 fully saturated rings. The maximum Gasteiger partial charge on any atom is 0.321 e. The summed E-state index contributed by atoms with van der Waals surface area (Å²) in [7, 11) is 0. The number of amides is 2. The minimum absolute atomic E-state index is 0.0714. The summed E-state index contributed by atoms with van der Waals surface area (Å²) in [6.45, 7) is 2.29. The third kappa shape index (κ3) is 3.65. The van der Waals surface area contributed by atoms with E-state index in [1.807, 2.05) is 13.0 Å². The molecule has 0 radical (unpaired) electrons. The number of fused-ring (bicyclic) bond motifs is 1. The number of rotatable bonds is 5. The van der Waals surface area contributed by atoms with Gasteiger partial charge in [-0.3, -0.25) is 10.3 Å². The standard InChI is InChI=1S/C22H20FN7O2/c1-2-24-21(31)30-20-28-16-10-12(8-14(17(16)29-20)19-25-6-3-7-26-19)13-9-15(23)18(27-11-13)22(32)4-5-22/h3,6-11,32H,2,4-5H2,1H3,(H3,24,28,29,30,31). The third-order valence-electron chi connectivity index (χ3n) is 5.31. The summed E-state index contributed by atoms with van der Waals surface area (Å²) in [4.78, 5) is 32.3. The molecule has 2 amide bonds. The number of pyridine rings is 1. The van der Waals surface area contributed by atoms with Crippen LogP contribution in [0.2, 0.25) is 0 Å². The summed E-state index contributed by atoms with van der Waals surface area (Å²) >= 11 is 0. The van der Waals surface area contributed by atoms with E-state index in [-0.39, 0.29) is 17.7 Å². The summed E-state index contributed by atoms with van der Waals surface area (Å²) in [6, 6.07) is 6.26. The Bertz CT molecular complexity index is 1320. The lowest BCUT2D eigenvalue weighted by Crippen LogP contribution is -2.28. The van der Waals surface area contributed by atoms with E-state index in [4.69, 9.17) is 0 Å². The molecule has 1 saturated carbocycles. The molecule has 10 heteroatoms. The van der Waals surface area contributed by atoms with Crippen molar-refractivity contribution in [2.45, 2.75) is 25.4 Å². The zero-order valence-corrected chi connectivity index (χ0v) is 17.2. The number of urea groups is 1. The number of hydrogen-bond donors (Lipinski definition) is 4. The Morgan fingerprint density at radius 3 is 2.66 bits per heavy atom. The first-order chi connectivity index (χ1) is 15.5. The number of aromatic nitrogens is 5. The molecule has 3 aromatic heterocycles. The normalized spacial score (nSPS) is 14.3. The topological polar surface area (TPSA) is 129 Å². The molecule has 4 N–H and O–H groups in total. The molecule has 0 bridgehead atoms. The van der Waals surface area contributed by atoms with Gasteiger partial charge < -0.3 is 15.4 Å². The number of carbonyl (C=O) groups is 1. The second kappa shape index (κ2) is 7.65. The van der Waals surface area contributed by atoms with Crippen LogP contribution in [-0.4, -0.2) is 42.6 Å². The highest BCUT2D eigenvalue weighted by molar-refractivity contribution is 5.97. The molecule has 162 valence electrons. The van der Waals surface area contributed by atoms with E-state index in [0.717, 1.165) is 0 Å². The Morgan fingerprint density at radius 1 is 1.19 bits per heavy atom. The van der Waals surface area contributed by atoms with Gasteiger partial charge in [-0.05, 0) is 49.6 Å². The van der Waals surface area contributed by atoms with Crippen molar-refractivity contribution in [2.75, 3.05) is 11.9 Å². The summed E-state index contributed by atoms with van der Waals surface area (Å²) in [5, 5.41) is 15.5. The molecule has 1 aromatic carbocycles. The van der Waals surface area contributed by atoms with Crippen molar-refractivity contribution < 1.29 is 14.3 Å². The summed E-state index contributed by atoms with van der Waals surface area (Å²) in [5.41, 5.74) is 1.90. The number of imidazole rings is 1. The predicted octanol–water partition coefficient (Wildman–Crippen LogP) is 3.34. The van der Waals surface area contributed by atoms with Crippen LogP contribution >= 0.6 is 0 Å². The number of H-pyrrole nitrogens is 1. The average molecular weight is 433 g/mol. The van der Waals surface area contributed by atoms with Crippen LogP contribution in [0, 0.1) is 5.82 Å². The molecule has 1 aliphatic rings. The van der Waals surface area contributed by atoms with Gasteiger partial charge in [0.15, 0.2) is 5.82 Å². The van der Waals surface area contributed by atoms with Crippen LogP contribution in [0.5, 0.6) is 0 Å². The first-order valence-corrected chi connectivity index (χ1v) is 10.2. The Hall–Kier alpha value is -3.92. The number of halogens is 1. The minimum atomic E-state index is -1.16. The number of aliphatic hydroxyl groups is 1. The van der Waals surface area contributed by atoms with E-state index >= 15 is 0 Å². The van der Waals surface area contributed by atoms with Crippen molar-refractivity contribution in [3.63, 3.8) is 0 Å². The van der Waals surface area contributed by atoms with Crippen molar-refractivity contribution in [2.24, 2.45) is 0 Å². The van der Waals surface area contributed by atoms with E-state index in [1.165, 1.54) is 12.3 Å². The fourth-order valence-electron chi connectivity index (χ4n) is 3.56. The fraction of sp³-hybridized carbons (Fsp3) is 0.227. The molecule has 0 spiro atoms. The average Bonchev–Trinajstić information content (AvgIpc) is 3.40. The highest BCUT2D eigenvalue weighted by Crippen LogP contribution is 2.45. The highest BCUT2D eigenvalue weighted by Gasteiger charge is 2.45. The van der Waals surface area contributed by atoms with Gasteiger partial charge in [0.25, 0.3) is 0 Å². The lowest BCUT2D eigenvalue weighted by Gasteiger charge is -2.11. The van der Waals surface area contributed by atoms with Gasteiger partial charge in [0.2, 0.25) is 5.95 Å². The molecule has 0 unspecified atom stereocenters. The van der Waals surface area contributed by atoms with Crippen LogP contribution in [0.15, 0.2) is 42.9 Å². The number of nitrogens with one attached hydrogen (secondary N) is 3. The molecule has 1 aliphatic carbocycles. The number of anilines is 1. The van der Waals surface area contributed by atoms with Gasteiger partial charge in [-0.15, -0.1) is 0 Å². The molecule has 5 rings (SSSR count). The number of hydrogen-bond acceptors (Lipinski definition) is 6. The van der Waals surface area contributed by atoms with Crippen LogP contribution in [0.4, 0.5) is 15.1 Å². The van der Waals surface area contributed by atoms with Crippen LogP contribution in [0.3, 0.4) is 0 Å². The number of benzene rings is 1. The smallest absolute Gasteiger partial charge is 0.321 e. The largest absolute Gasteiger partial charge is 0.383 e. The molecular weight excluding hydrogens is 413 g/mol. The van der Waals surface area contributed by atoms with Gasteiger partial charge >= 0.3 is 6.03 Å². The van der Waals surface area contributed by atoms with E-state index in [2.05, 4.69) is 35.6 Å². The third-order valence-corrected chi connectivity index (χ3v) is 5.31. The van der Waals surface area contributed by atoms with Gasteiger partial charge in [-0.1, -0.05) is 0 Å². The van der Waals surface area contributed by atoms with Gasteiger partial charge in [-0.2, -0.15) is 0 Å². The quantitative estimate of drug-likeness (QED) is 0.382. The first-order valence-electron chi connectivity index (χ1n) is 10.2. The van der Waals surface area contributed by atoms with Crippen LogP contribution in [-0.2, 0) is 5.60 Å². The van der Waals surface area contributed by atoms with Crippen molar-refractivity contribution in [1.29, 1.82) is 0 Å². The second-order valence-corrected chi connectivity index (χ2v) is 7.65. The SMILES string of the molecule is CCNC(=O)Nc1nc2cc(-c3cnc(C4(O)CC4)c(F)c3)cc(-c3ncccn3)c2[nH]1. The van der Waals surface area contributed by atoms with Gasteiger partial charge in [0.1, 0.15) is 17.1 Å². The highest BCUT2D eigenvalue weighted by atomic mass is 19.1. The van der Waals surface area contributed by atoms with Crippen molar-refractivity contribution in [3.05, 3.63) is 54.4 Å². The molecule has 3 heterocycles. The van der Waals surface area contributed by atoms with Crippen LogP contribution in [0.25, 0.3) is 33.5 Å². The van der Waals surface area contributed by atoms with Crippen molar-refractivity contribution in [3.8, 4) is 22.5 Å². The lowest BCUT2D eigenvalue weighted by atomic mass is 10.0. The maximum atomic E-state index is 14.7. The molecule has 32 heavy (non-hydrogen) atoms. The Labute approximate surface area is 182 Å². The number of nitrogens with zero attached hydrogens (tertiary/aromatic N) is 4. The Kier molecular flexibility index (Phi) is 4.78. The summed E-state index contributed by atoms with van der Waals surface area (Å²) in [6.07, 6.45) is 5.79. The molecule has 0 atom stereocenters. The zero-order valence-electron chi connectivity index (χ0n) is 17.2. The molecular formula is C22H20FN7O2. The Balaban J connectivity index is 1.62. The monoisotopic (exact) mass is 433 g/mol. The van der Waals surface area contributed by atoms with E-state index in [1.54, 1.807) is 24.5 Å². The van der Waals surface area contributed by atoms with Crippen LogP contribution < -0.4 is 10.6 Å². The lowest BCUT2D eigenvalue weighted by molar-refractivity contribution is 0.141. The summed E-state index contributed by atoms with van der Waals surface area (Å²) < 4.78 is 14.7. The van der Waals surface area contributed by atoms with Gasteiger partial charge in [0, 0.05) is 36.3 Å². The van der Waals surface area contributed by atoms with Crippen LogP contribution in [0.1, 0.15) is 25.5 Å². The Morgan fingerprint density at radius 2 is 1.97 bits per heavy atom. The zero-order chi connectivity index (χ0) is 22.3. The van der Waals surface area contributed by atoms with E-state index < -0.39 is 11.4 Å². The van der Waals surface area contributed by atoms with E-state index in [0.29, 0.717) is 52.9 Å². The van der Waals surface area contributed by atoms with Gasteiger partial charge in [0.05, 0.1) is 11.0 Å². The van der Waals surface area contributed by atoms with Crippen molar-refractivity contribution >= 4 is 23.0 Å². The second-order valence-electron chi connectivity index (χ2n) is 7.65. The van der Waals surface area contributed by atoms with Gasteiger partial charge in [-0.25, -0.2) is 24.1 Å². The molecule has 9 nitrogen and oxygen atoms in total. The minimum Gasteiger partial charge on any atom is -0.383 e. The number of carbonyl (C=O) groups excluding carboxylic acids is 1. The fourth-order valence-corrected chi connectivity index (χ4v) is 3.56. The molecule has 4 aromatic rings. The molecule has 0 saturated heterocycles. The number of aromatic amines is 1. The maximum absolute atomic E-state index is 14.7. The first kappa shape index (κ1) is 20.0. The molecule has 0 aliphatic heterocycles. The summed E-state index contributed by atoms with van der Waals surface area (Å²) in [5.74, 6) is 0.154. The van der Waals surface area contributed by atoms with Crippen molar-refractivity contribution in [1.82, 2.24) is 30.2 Å². The predicted molar refractivity (Wildman–Crippen MR) is 116 cm³/mol.